The molecule has 0 saturated carbocycles. The number of hydrogen-bond donors (Lipinski definition) is 1. The Morgan fingerprint density at radius 2 is 0.410 bits per heavy atom. The van der Waals surface area contributed by atoms with E-state index in [1.54, 1.807) is 0 Å². The molecule has 508 valence electrons. The molecule has 0 spiro atoms. The van der Waals surface area contributed by atoms with Crippen molar-refractivity contribution in [2.45, 2.75) is 55.4 Å². The largest absolute Gasteiger partial charge is 0.524 e. The van der Waals surface area contributed by atoms with Gasteiger partial charge in [0, 0.05) is 44.5 Å². The molecule has 0 radical (unpaired) electrons. The van der Waals surface area contributed by atoms with Crippen molar-refractivity contribution in [3.05, 3.63) is 336 Å². The highest BCUT2D eigenvalue weighted by Gasteiger charge is 2.50. The number of aryl methyl sites for hydroxylation is 8. The second-order valence-electron chi connectivity index (χ2n) is 28.7. The van der Waals surface area contributed by atoms with Crippen LogP contribution in [-0.4, -0.2) is 0 Å². The molecular weight excluding hydrogens is 1330 g/mol. The summed E-state index contributed by atoms with van der Waals surface area (Å²) in [5.74, 6) is 0.997. The molecular formula is C96H73NO6P2. The zero-order valence-electron chi connectivity index (χ0n) is 59.6. The zero-order chi connectivity index (χ0) is 71.6. The second-order valence-corrected chi connectivity index (χ2v) is 32.2. The van der Waals surface area contributed by atoms with Gasteiger partial charge in [0.15, 0.2) is 0 Å². The Bertz CT molecular complexity index is 5620. The standard InChI is InChI=1S/C96H73NO6P2/c1-57-37-58(2)42-77(41-57)65-25-17-29-69(49-65)85-53-73-21-9-13-33-81(73)89-90-82-34-14-10-22-74(82)54-86(70-30-18-26-66(50-70)78-43-59(3)38-60(4)44-78)94(90)101-104(98,100-93(85)89)97-105(99)102-95-87(71-31-19-27-67(51-71)79-45-61(5)39-62(6)46-79)55-75-23-11-15-35-83(75)91(95)92-84-36-16-12-24-76(84)56-88(96(92)103-105)72-32-20-28-68(52-72)80-47-63(7)40-64(8)48-80/h9-56H,1-8H3,(H,97,98,99). The highest BCUT2D eigenvalue weighted by molar-refractivity contribution is 7.68. The summed E-state index contributed by atoms with van der Waals surface area (Å²) in [7, 11) is -10.5. The average molecular weight is 1400 g/mol. The molecule has 0 amide bonds. The fourth-order valence-corrected chi connectivity index (χ4v) is 20.0. The van der Waals surface area contributed by atoms with Crippen LogP contribution in [0.1, 0.15) is 44.5 Å². The Labute approximate surface area is 612 Å². The number of rotatable bonds is 10. The lowest BCUT2D eigenvalue weighted by Gasteiger charge is -2.26. The van der Waals surface area contributed by atoms with E-state index in [1.165, 1.54) is 0 Å². The minimum atomic E-state index is -5.26. The molecule has 2 aliphatic heterocycles. The van der Waals surface area contributed by atoms with E-state index in [4.69, 9.17) is 18.1 Å². The summed E-state index contributed by atoms with van der Waals surface area (Å²) in [6, 6.07) is 101. The zero-order valence-corrected chi connectivity index (χ0v) is 61.3. The third-order valence-electron chi connectivity index (χ3n) is 20.5. The van der Waals surface area contributed by atoms with Crippen LogP contribution in [0.4, 0.5) is 0 Å². The summed E-state index contributed by atoms with van der Waals surface area (Å²) in [6.07, 6.45) is 0. The van der Waals surface area contributed by atoms with E-state index in [1.807, 2.05) is 48.5 Å². The lowest BCUT2D eigenvalue weighted by atomic mass is 9.86. The van der Waals surface area contributed by atoms with Gasteiger partial charge in [-0.3, -0.25) is 0 Å². The van der Waals surface area contributed by atoms with E-state index in [0.29, 0.717) is 44.5 Å². The van der Waals surface area contributed by atoms with Crippen LogP contribution in [0.3, 0.4) is 0 Å². The molecule has 0 bridgehead atoms. The van der Waals surface area contributed by atoms with E-state index < -0.39 is 15.5 Å². The summed E-state index contributed by atoms with van der Waals surface area (Å²) < 4.78 is 66.5. The topological polar surface area (TPSA) is 83.1 Å². The van der Waals surface area contributed by atoms with E-state index in [2.05, 4.69) is 303 Å². The van der Waals surface area contributed by atoms with Gasteiger partial charge in [0.25, 0.3) is 0 Å². The molecule has 7 nitrogen and oxygen atoms in total. The first-order valence-corrected chi connectivity index (χ1v) is 38.8. The van der Waals surface area contributed by atoms with Crippen molar-refractivity contribution < 1.29 is 27.2 Å². The Balaban J connectivity index is 0.927. The average Bonchev–Trinajstić information content (AvgIpc) is 1.54. The van der Waals surface area contributed by atoms with Crippen molar-refractivity contribution in [1.82, 2.24) is 4.86 Å². The van der Waals surface area contributed by atoms with Crippen LogP contribution >= 0.6 is 15.5 Å². The summed E-state index contributed by atoms with van der Waals surface area (Å²) >= 11 is 0. The van der Waals surface area contributed by atoms with Gasteiger partial charge in [-0.25, -0.2) is 9.13 Å². The van der Waals surface area contributed by atoms with Gasteiger partial charge in [-0.05, 0) is 214 Å². The van der Waals surface area contributed by atoms with Gasteiger partial charge in [-0.2, -0.15) is 0 Å². The van der Waals surface area contributed by atoms with Gasteiger partial charge in [-0.15, -0.1) is 0 Å². The summed E-state index contributed by atoms with van der Waals surface area (Å²) in [5.41, 5.74) is 25.5. The maximum atomic E-state index is 18.1. The normalized spacial score (nSPS) is 13.3. The lowest BCUT2D eigenvalue weighted by molar-refractivity contribution is 0.359. The molecule has 2 heterocycles. The summed E-state index contributed by atoms with van der Waals surface area (Å²) in [5, 5.41) is 6.92. The molecule has 0 aromatic heterocycles. The predicted molar refractivity (Wildman–Crippen MR) is 436 cm³/mol. The molecule has 0 atom stereocenters. The van der Waals surface area contributed by atoms with Gasteiger partial charge in [0.05, 0.1) is 0 Å². The molecule has 16 aromatic rings. The highest BCUT2D eigenvalue weighted by atomic mass is 31.3. The molecule has 1 N–H and O–H groups in total. The number of fused-ring (bicyclic) bond motifs is 14. The van der Waals surface area contributed by atoms with Crippen molar-refractivity contribution in [3.63, 3.8) is 0 Å². The Hall–Kier alpha value is -11.8. The molecule has 0 fully saturated rings. The molecule has 2 aliphatic rings. The van der Waals surface area contributed by atoms with Gasteiger partial charge in [-0.1, -0.05) is 292 Å². The van der Waals surface area contributed by atoms with Crippen LogP contribution in [0.2, 0.25) is 0 Å². The Kier molecular flexibility index (Phi) is 15.9. The molecule has 105 heavy (non-hydrogen) atoms. The van der Waals surface area contributed by atoms with Crippen LogP contribution in [-0.2, 0) is 9.13 Å². The second kappa shape index (κ2) is 25.6. The van der Waals surface area contributed by atoms with Crippen LogP contribution in [0.5, 0.6) is 23.0 Å². The predicted octanol–water partition coefficient (Wildman–Crippen LogP) is 27.5. The SMILES string of the molecule is Cc1cc(C)cc(-c2cccc(-c3cc4ccccc4c4c3OP(=O)(NP3(=O)Oc5c(-c6cccc(-c7cc(C)cc(C)c7)c6)cc6ccccc6c5-c5c(c(-c6cccc(-c7cc(C)cc(C)c7)c6)cc6ccccc56)O3)Oc3c(-c5cccc(-c6cc(C)cc(C)c6)c5)cc5ccccc5c3-4)c2)c1. The van der Waals surface area contributed by atoms with Crippen molar-refractivity contribution in [2.24, 2.45) is 0 Å². The van der Waals surface area contributed by atoms with Crippen molar-refractivity contribution in [2.75, 3.05) is 0 Å². The minimum Gasteiger partial charge on any atom is -0.403 e. The van der Waals surface area contributed by atoms with Crippen molar-refractivity contribution in [3.8, 4) is 134 Å². The summed E-state index contributed by atoms with van der Waals surface area (Å²) in [4.78, 5) is 3.18. The van der Waals surface area contributed by atoms with Gasteiger partial charge in [0.1, 0.15) is 23.0 Å². The van der Waals surface area contributed by atoms with E-state index in [-0.39, 0.29) is 23.0 Å². The van der Waals surface area contributed by atoms with Crippen molar-refractivity contribution in [1.29, 1.82) is 0 Å². The minimum absolute atomic E-state index is 0.249. The third kappa shape index (κ3) is 12.0. The monoisotopic (exact) mass is 1400 g/mol. The van der Waals surface area contributed by atoms with Gasteiger partial charge >= 0.3 is 15.5 Å². The maximum Gasteiger partial charge on any atom is 0.524 e. The fraction of sp³-hybridized carbons (Fsp3) is 0.0833. The fourth-order valence-electron chi connectivity index (χ4n) is 16.3. The third-order valence-corrected chi connectivity index (χ3v) is 24.2. The van der Waals surface area contributed by atoms with Crippen LogP contribution in [0, 0.1) is 55.4 Å². The van der Waals surface area contributed by atoms with E-state index >= 15 is 9.13 Å². The number of hydrogen-bond acceptors (Lipinski definition) is 6. The maximum absolute atomic E-state index is 18.1. The molecule has 0 unspecified atom stereocenters. The van der Waals surface area contributed by atoms with Crippen LogP contribution in [0.15, 0.2) is 291 Å². The molecule has 16 aromatic carbocycles. The van der Waals surface area contributed by atoms with Crippen molar-refractivity contribution >= 4 is 58.6 Å². The highest BCUT2D eigenvalue weighted by Crippen LogP contribution is 2.69. The summed E-state index contributed by atoms with van der Waals surface area (Å²) in [6.45, 7) is 16.9. The molecule has 0 saturated heterocycles. The first kappa shape index (κ1) is 65.2. The first-order valence-electron chi connectivity index (χ1n) is 35.7. The molecule has 18 rings (SSSR count). The molecule has 9 heteroatoms. The smallest absolute Gasteiger partial charge is 0.403 e. The van der Waals surface area contributed by atoms with Crippen LogP contribution < -0.4 is 23.0 Å². The Morgan fingerprint density at radius 3 is 0.629 bits per heavy atom. The van der Waals surface area contributed by atoms with Gasteiger partial charge in [0.2, 0.25) is 0 Å². The number of nitrogens with one attached hydrogen (secondary N) is 1. The van der Waals surface area contributed by atoms with Gasteiger partial charge < -0.3 is 18.1 Å². The first-order chi connectivity index (χ1) is 50.9. The molecule has 0 aliphatic carbocycles. The quantitative estimate of drug-likeness (QED) is 0.137. The lowest BCUT2D eigenvalue weighted by Crippen LogP contribution is -2.21. The van der Waals surface area contributed by atoms with Crippen LogP contribution in [0.25, 0.3) is 154 Å². The number of benzene rings is 16. The Morgan fingerprint density at radius 1 is 0.210 bits per heavy atom. The van der Waals surface area contributed by atoms with E-state index in [9.17, 15) is 0 Å². The van der Waals surface area contributed by atoms with E-state index in [0.717, 1.165) is 154 Å².